The topological polar surface area (TPSA) is 118 Å². The summed E-state index contributed by atoms with van der Waals surface area (Å²) in [6, 6.07) is 58.9. The fraction of sp³-hybridized carbons (Fsp3) is 0.143. The summed E-state index contributed by atoms with van der Waals surface area (Å²) in [5.74, 6) is -0.166. The number of nitrogens with zero attached hydrogens (tertiary/aromatic N) is 5. The van der Waals surface area contributed by atoms with Crippen molar-refractivity contribution < 1.29 is 23.8 Å². The van der Waals surface area contributed by atoms with Crippen LogP contribution < -0.4 is 4.74 Å². The lowest BCUT2D eigenvalue weighted by Gasteiger charge is -2.34. The van der Waals surface area contributed by atoms with Crippen LogP contribution in [-0.4, -0.2) is 50.5 Å². The molecule has 0 N–H and O–H groups in total. The SMILES string of the molecule is COc1c(C)nc2ccccc2c1C(=O)OC(C)OC(C)=O.Cc1nnn(C(c2ccccc2)(c2ccccc2)c2ccccc2)n1.c1ccc(-c2ccccc2)cc1. The van der Waals surface area contributed by atoms with Gasteiger partial charge in [-0.15, -0.1) is 15.0 Å². The normalized spacial score (nSPS) is 11.2. The summed E-state index contributed by atoms with van der Waals surface area (Å²) in [6.45, 7) is 6.33. The maximum atomic E-state index is 12.5. The van der Waals surface area contributed by atoms with Gasteiger partial charge >= 0.3 is 11.9 Å². The number of rotatable bonds is 9. The molecule has 8 aromatic rings. The molecule has 8 rings (SSSR count). The lowest BCUT2D eigenvalue weighted by atomic mass is 9.77. The van der Waals surface area contributed by atoms with Crippen LogP contribution >= 0.6 is 0 Å². The van der Waals surface area contributed by atoms with Gasteiger partial charge in [-0.1, -0.05) is 170 Å². The fourth-order valence-electron chi connectivity index (χ4n) is 6.81. The lowest BCUT2D eigenvalue weighted by Crippen LogP contribution is -2.39. The van der Waals surface area contributed by atoms with Crippen LogP contribution in [0.4, 0.5) is 0 Å². The zero-order valence-electron chi connectivity index (χ0n) is 33.6. The van der Waals surface area contributed by atoms with Gasteiger partial charge in [-0.2, -0.15) is 0 Å². The molecule has 0 aliphatic rings. The average molecular weight is 784 g/mol. The zero-order chi connectivity index (χ0) is 41.6. The van der Waals surface area contributed by atoms with Crippen molar-refractivity contribution in [2.75, 3.05) is 7.11 Å². The summed E-state index contributed by atoms with van der Waals surface area (Å²) < 4.78 is 15.3. The molecule has 2 aromatic heterocycles. The molecule has 0 fully saturated rings. The first-order chi connectivity index (χ1) is 28.7. The molecule has 6 aromatic carbocycles. The van der Waals surface area contributed by atoms with Gasteiger partial charge in [0.1, 0.15) is 5.56 Å². The number of hydrogen-bond acceptors (Lipinski definition) is 9. The number of fused-ring (bicyclic) bond motifs is 1. The van der Waals surface area contributed by atoms with Gasteiger partial charge in [-0.25, -0.2) is 9.78 Å². The second-order valence-corrected chi connectivity index (χ2v) is 13.4. The third-order valence-electron chi connectivity index (χ3n) is 9.30. The monoisotopic (exact) mass is 783 g/mol. The van der Waals surface area contributed by atoms with E-state index in [2.05, 4.69) is 105 Å². The number of hydrogen-bond donors (Lipinski definition) is 0. The Morgan fingerprint density at radius 3 is 1.47 bits per heavy atom. The number of aromatic nitrogens is 5. The van der Waals surface area contributed by atoms with Gasteiger partial charge in [0.25, 0.3) is 0 Å². The van der Waals surface area contributed by atoms with E-state index in [9.17, 15) is 9.59 Å². The number of pyridine rings is 1. The predicted octanol–water partition coefficient (Wildman–Crippen LogP) is 9.79. The van der Waals surface area contributed by atoms with E-state index in [1.807, 2.05) is 79.7 Å². The first kappa shape index (κ1) is 41.2. The lowest BCUT2D eigenvalue weighted by molar-refractivity contribution is -0.162. The highest BCUT2D eigenvalue weighted by molar-refractivity contribution is 6.06. The molecule has 0 radical (unpaired) electrons. The predicted molar refractivity (Wildman–Crippen MR) is 229 cm³/mol. The van der Waals surface area contributed by atoms with Crippen molar-refractivity contribution >= 4 is 22.8 Å². The highest BCUT2D eigenvalue weighted by atomic mass is 16.7. The Morgan fingerprint density at radius 2 is 1.05 bits per heavy atom. The van der Waals surface area contributed by atoms with Gasteiger partial charge in [0, 0.05) is 19.2 Å². The molecular weight excluding hydrogens is 739 g/mol. The molecule has 0 saturated heterocycles. The minimum atomic E-state index is -0.984. The highest BCUT2D eigenvalue weighted by Gasteiger charge is 2.41. The van der Waals surface area contributed by atoms with Crippen molar-refractivity contribution in [3.63, 3.8) is 0 Å². The Balaban J connectivity index is 0.000000157. The van der Waals surface area contributed by atoms with Crippen LogP contribution in [0.2, 0.25) is 0 Å². The van der Waals surface area contributed by atoms with Gasteiger partial charge in [-0.05, 0) is 52.9 Å². The quantitative estimate of drug-likeness (QED) is 0.0801. The van der Waals surface area contributed by atoms with E-state index in [1.54, 1.807) is 29.9 Å². The summed E-state index contributed by atoms with van der Waals surface area (Å²) in [5, 5.41) is 13.8. The van der Waals surface area contributed by atoms with Crippen molar-refractivity contribution in [1.29, 1.82) is 0 Å². The molecule has 59 heavy (non-hydrogen) atoms. The molecule has 0 spiro atoms. The molecule has 0 bridgehead atoms. The van der Waals surface area contributed by atoms with Gasteiger partial charge < -0.3 is 14.2 Å². The van der Waals surface area contributed by atoms with Gasteiger partial charge in [0.15, 0.2) is 17.1 Å². The number of tetrazole rings is 1. The Labute approximate surface area is 344 Å². The molecule has 2 heterocycles. The number of carbonyl (C=O) groups is 2. The Kier molecular flexibility index (Phi) is 13.7. The first-order valence-corrected chi connectivity index (χ1v) is 19.1. The molecule has 0 aliphatic heterocycles. The molecule has 10 heteroatoms. The van der Waals surface area contributed by atoms with Crippen molar-refractivity contribution in [3.8, 4) is 16.9 Å². The van der Waals surface area contributed by atoms with Crippen LogP contribution in [0, 0.1) is 13.8 Å². The van der Waals surface area contributed by atoms with Gasteiger partial charge in [-0.3, -0.25) is 4.79 Å². The Morgan fingerprint density at radius 1 is 0.610 bits per heavy atom. The van der Waals surface area contributed by atoms with Crippen LogP contribution in [0.3, 0.4) is 0 Å². The first-order valence-electron chi connectivity index (χ1n) is 19.1. The molecule has 10 nitrogen and oxygen atoms in total. The second kappa shape index (κ2) is 19.6. The number of benzene rings is 6. The maximum Gasteiger partial charge on any atom is 0.345 e. The number of para-hydroxylation sites is 1. The average Bonchev–Trinajstić information content (AvgIpc) is 3.71. The summed E-state index contributed by atoms with van der Waals surface area (Å²) in [5.41, 5.74) is 6.65. The molecule has 0 saturated carbocycles. The van der Waals surface area contributed by atoms with E-state index in [0.717, 1.165) is 16.7 Å². The molecular formula is C49H45N5O5. The number of aryl methyl sites for hydroxylation is 2. The highest BCUT2D eigenvalue weighted by Crippen LogP contribution is 2.39. The smallest absolute Gasteiger partial charge is 0.345 e. The van der Waals surface area contributed by atoms with Crippen LogP contribution in [0.15, 0.2) is 176 Å². The van der Waals surface area contributed by atoms with Gasteiger partial charge in [0.05, 0.1) is 18.3 Å². The molecule has 296 valence electrons. The Hall–Kier alpha value is -7.46. The third kappa shape index (κ3) is 9.75. The maximum absolute atomic E-state index is 12.5. The second-order valence-electron chi connectivity index (χ2n) is 13.4. The Bertz CT molecular complexity index is 2440. The standard InChI is InChI=1S/C21H18N4.C16H17NO5.C12H10/c1-17-22-24-25(23-17)21(18-11-5-2-6-12-18,19-13-7-3-8-14-19)20-15-9-4-10-16-20;1-9-15(20-4)14(12-7-5-6-8-13(12)17-9)16(19)22-11(3)21-10(2)18;1-3-7-11(8-4-1)12-9-5-2-6-10-12/h2-16H,1H3;5-8,11H,1-4H3;1-10H. The molecule has 0 amide bonds. The minimum Gasteiger partial charge on any atom is -0.494 e. The van der Waals surface area contributed by atoms with Crippen LogP contribution in [0.1, 0.15) is 52.4 Å². The van der Waals surface area contributed by atoms with E-state index in [1.165, 1.54) is 32.1 Å². The molecule has 0 aliphatic carbocycles. The number of esters is 2. The molecule has 1 unspecified atom stereocenters. The summed E-state index contributed by atoms with van der Waals surface area (Å²) in [4.78, 5) is 29.5. The van der Waals surface area contributed by atoms with E-state index in [4.69, 9.17) is 14.2 Å². The van der Waals surface area contributed by atoms with Crippen LogP contribution in [-0.2, 0) is 19.8 Å². The van der Waals surface area contributed by atoms with E-state index in [0.29, 0.717) is 28.2 Å². The summed E-state index contributed by atoms with van der Waals surface area (Å²) in [6.07, 6.45) is -0.984. The van der Waals surface area contributed by atoms with E-state index >= 15 is 0 Å². The van der Waals surface area contributed by atoms with E-state index in [-0.39, 0.29) is 5.56 Å². The van der Waals surface area contributed by atoms with Gasteiger partial charge in [0.2, 0.25) is 6.29 Å². The van der Waals surface area contributed by atoms with Crippen molar-refractivity contribution in [2.24, 2.45) is 0 Å². The third-order valence-corrected chi connectivity index (χ3v) is 9.30. The zero-order valence-corrected chi connectivity index (χ0v) is 33.6. The number of methoxy groups -OCH3 is 1. The summed E-state index contributed by atoms with van der Waals surface area (Å²) >= 11 is 0. The number of ether oxygens (including phenoxy) is 3. The molecule has 1 atom stereocenters. The fourth-order valence-corrected chi connectivity index (χ4v) is 6.81. The van der Waals surface area contributed by atoms with Crippen molar-refractivity contribution in [3.05, 3.63) is 210 Å². The minimum absolute atomic E-state index is 0.268. The summed E-state index contributed by atoms with van der Waals surface area (Å²) in [7, 11) is 1.46. The van der Waals surface area contributed by atoms with Crippen LogP contribution in [0.25, 0.3) is 22.0 Å². The largest absolute Gasteiger partial charge is 0.494 e. The van der Waals surface area contributed by atoms with Crippen molar-refractivity contribution in [2.45, 2.75) is 39.5 Å². The van der Waals surface area contributed by atoms with Crippen LogP contribution in [0.5, 0.6) is 5.75 Å². The van der Waals surface area contributed by atoms with E-state index < -0.39 is 23.8 Å². The van der Waals surface area contributed by atoms with Crippen molar-refractivity contribution in [1.82, 2.24) is 25.2 Å². The number of carbonyl (C=O) groups excluding carboxylic acids is 2.